The Kier molecular flexibility index (Phi) is 3.75. The highest BCUT2D eigenvalue weighted by molar-refractivity contribution is 5.40. The molecule has 1 aliphatic carbocycles. The van der Waals surface area contributed by atoms with Gasteiger partial charge in [0.2, 0.25) is 0 Å². The van der Waals surface area contributed by atoms with Crippen molar-refractivity contribution in [2.24, 2.45) is 0 Å². The topological polar surface area (TPSA) is 47.9 Å². The van der Waals surface area contributed by atoms with E-state index in [-0.39, 0.29) is 0 Å². The van der Waals surface area contributed by atoms with Crippen LogP contribution in [0.4, 0.5) is 0 Å². The van der Waals surface area contributed by atoms with Gasteiger partial charge in [0, 0.05) is 14.2 Å². The fourth-order valence-corrected chi connectivity index (χ4v) is 2.46. The summed E-state index contributed by atoms with van der Waals surface area (Å²) < 4.78 is 16.3. The highest BCUT2D eigenvalue weighted by Crippen LogP contribution is 2.44. The summed E-state index contributed by atoms with van der Waals surface area (Å²) in [6.45, 7) is 0. The summed E-state index contributed by atoms with van der Waals surface area (Å²) in [6.07, 6.45) is 5.07. The van der Waals surface area contributed by atoms with Gasteiger partial charge in [-0.15, -0.1) is 0 Å². The smallest absolute Gasteiger partial charge is 0.265 e. The van der Waals surface area contributed by atoms with Crippen LogP contribution in [0.3, 0.4) is 0 Å². The minimum Gasteiger partial charge on any atom is -0.495 e. The van der Waals surface area contributed by atoms with Gasteiger partial charge in [-0.3, -0.25) is 0 Å². The zero-order valence-corrected chi connectivity index (χ0v) is 11.3. The average molecular weight is 262 g/mol. The summed E-state index contributed by atoms with van der Waals surface area (Å²) in [5.74, 6) is -0.996. The molecule has 0 aliphatic heterocycles. The summed E-state index contributed by atoms with van der Waals surface area (Å²) in [4.78, 5) is 0. The van der Waals surface area contributed by atoms with Gasteiger partial charge in [0.05, 0.1) is 7.11 Å². The van der Waals surface area contributed by atoms with Crippen LogP contribution in [0.25, 0.3) is 0 Å². The first-order chi connectivity index (χ1) is 9.14. The quantitative estimate of drug-likeness (QED) is 0.843. The zero-order chi connectivity index (χ0) is 13.9. The Balaban J connectivity index is 2.61. The van der Waals surface area contributed by atoms with Gasteiger partial charge in [-0.25, -0.2) is 0 Å². The van der Waals surface area contributed by atoms with Crippen LogP contribution in [-0.4, -0.2) is 32.2 Å². The second-order valence-electron chi connectivity index (χ2n) is 4.25. The molecule has 0 saturated carbocycles. The minimum absolute atomic E-state index is 0.409. The molecule has 0 amide bonds. The lowest BCUT2D eigenvalue weighted by Gasteiger charge is -2.45. The van der Waals surface area contributed by atoms with E-state index in [1.807, 2.05) is 30.3 Å². The van der Waals surface area contributed by atoms with E-state index in [0.717, 1.165) is 0 Å². The molecule has 19 heavy (non-hydrogen) atoms. The number of benzene rings is 1. The van der Waals surface area contributed by atoms with Crippen molar-refractivity contribution in [1.82, 2.24) is 0 Å². The standard InChI is InChI=1S/C15H18O4/c1-17-13-10-7-11-14(16,15(13,18-2)19-3)12-8-5-4-6-9-12/h4-11,16H,1-3H3. The molecule has 1 aliphatic rings. The Labute approximate surface area is 112 Å². The van der Waals surface area contributed by atoms with Crippen molar-refractivity contribution >= 4 is 0 Å². The first-order valence-corrected chi connectivity index (χ1v) is 5.97. The van der Waals surface area contributed by atoms with E-state index in [2.05, 4.69) is 0 Å². The number of allylic oxidation sites excluding steroid dienone is 2. The second-order valence-corrected chi connectivity index (χ2v) is 4.25. The van der Waals surface area contributed by atoms with Gasteiger partial charge in [0.25, 0.3) is 5.79 Å². The van der Waals surface area contributed by atoms with Crippen LogP contribution in [-0.2, 0) is 19.8 Å². The van der Waals surface area contributed by atoms with Crippen molar-refractivity contribution in [2.45, 2.75) is 11.4 Å². The Bertz CT molecular complexity index is 488. The highest BCUT2D eigenvalue weighted by Gasteiger charge is 2.56. The van der Waals surface area contributed by atoms with E-state index in [9.17, 15) is 5.11 Å². The molecule has 1 unspecified atom stereocenters. The van der Waals surface area contributed by atoms with Gasteiger partial charge in [0.1, 0.15) is 0 Å². The molecule has 0 aromatic heterocycles. The lowest BCUT2D eigenvalue weighted by atomic mass is 9.80. The molecular formula is C15H18O4. The van der Waals surface area contributed by atoms with Crippen molar-refractivity contribution in [3.63, 3.8) is 0 Å². The van der Waals surface area contributed by atoms with Crippen molar-refractivity contribution in [3.8, 4) is 0 Å². The third-order valence-electron chi connectivity index (χ3n) is 3.42. The van der Waals surface area contributed by atoms with Gasteiger partial charge < -0.3 is 19.3 Å². The molecule has 1 aromatic rings. The molecule has 1 N–H and O–H groups in total. The molecule has 0 radical (unpaired) electrons. The SMILES string of the molecule is COC1=CC=CC(O)(c2ccccc2)C1(OC)OC. The van der Waals surface area contributed by atoms with Crippen LogP contribution in [0.2, 0.25) is 0 Å². The Morgan fingerprint density at radius 3 is 2.16 bits per heavy atom. The molecule has 1 atom stereocenters. The molecule has 1 aromatic carbocycles. The van der Waals surface area contributed by atoms with E-state index in [4.69, 9.17) is 14.2 Å². The molecule has 0 spiro atoms. The third-order valence-corrected chi connectivity index (χ3v) is 3.42. The molecule has 2 rings (SSSR count). The fraction of sp³-hybridized carbons (Fsp3) is 0.333. The normalized spacial score (nSPS) is 24.9. The van der Waals surface area contributed by atoms with Crippen LogP contribution in [0.15, 0.2) is 54.3 Å². The van der Waals surface area contributed by atoms with Crippen LogP contribution < -0.4 is 0 Å². The molecule has 0 bridgehead atoms. The van der Waals surface area contributed by atoms with E-state index >= 15 is 0 Å². The van der Waals surface area contributed by atoms with Gasteiger partial charge in [-0.2, -0.15) is 0 Å². The van der Waals surface area contributed by atoms with Crippen LogP contribution in [0, 0.1) is 0 Å². The maximum absolute atomic E-state index is 11.1. The number of hydrogen-bond donors (Lipinski definition) is 1. The van der Waals surface area contributed by atoms with E-state index in [1.54, 1.807) is 18.2 Å². The van der Waals surface area contributed by atoms with E-state index in [1.165, 1.54) is 21.3 Å². The van der Waals surface area contributed by atoms with Crippen molar-refractivity contribution in [2.75, 3.05) is 21.3 Å². The van der Waals surface area contributed by atoms with Gasteiger partial charge in [-0.05, 0) is 17.7 Å². The fourth-order valence-electron chi connectivity index (χ4n) is 2.46. The zero-order valence-electron chi connectivity index (χ0n) is 11.3. The molecular weight excluding hydrogens is 244 g/mol. The number of rotatable bonds is 4. The van der Waals surface area contributed by atoms with Gasteiger partial charge in [-0.1, -0.05) is 36.4 Å². The van der Waals surface area contributed by atoms with Gasteiger partial charge in [0.15, 0.2) is 11.4 Å². The van der Waals surface area contributed by atoms with Crippen LogP contribution >= 0.6 is 0 Å². The van der Waals surface area contributed by atoms with Crippen LogP contribution in [0.5, 0.6) is 0 Å². The van der Waals surface area contributed by atoms with Gasteiger partial charge >= 0.3 is 0 Å². The van der Waals surface area contributed by atoms with E-state index in [0.29, 0.717) is 11.3 Å². The lowest BCUT2D eigenvalue weighted by Crippen LogP contribution is -2.56. The van der Waals surface area contributed by atoms with Crippen molar-refractivity contribution < 1.29 is 19.3 Å². The first-order valence-electron chi connectivity index (χ1n) is 5.97. The third kappa shape index (κ3) is 1.89. The summed E-state index contributed by atoms with van der Waals surface area (Å²) >= 11 is 0. The first kappa shape index (κ1) is 13.8. The summed E-state index contributed by atoms with van der Waals surface area (Å²) in [5.41, 5.74) is -0.796. The molecule has 0 heterocycles. The summed E-state index contributed by atoms with van der Waals surface area (Å²) in [6, 6.07) is 9.21. The van der Waals surface area contributed by atoms with Crippen LogP contribution in [0.1, 0.15) is 5.56 Å². The number of ether oxygens (including phenoxy) is 3. The van der Waals surface area contributed by atoms with Crippen molar-refractivity contribution in [1.29, 1.82) is 0 Å². The molecule has 4 heteroatoms. The maximum Gasteiger partial charge on any atom is 0.265 e. The van der Waals surface area contributed by atoms with Crippen molar-refractivity contribution in [3.05, 3.63) is 59.9 Å². The summed E-state index contributed by atoms with van der Waals surface area (Å²) in [7, 11) is 4.47. The lowest BCUT2D eigenvalue weighted by molar-refractivity contribution is -0.284. The highest BCUT2D eigenvalue weighted by atomic mass is 16.7. The monoisotopic (exact) mass is 262 g/mol. The van der Waals surface area contributed by atoms with E-state index < -0.39 is 11.4 Å². The molecule has 0 saturated heterocycles. The predicted molar refractivity (Wildman–Crippen MR) is 71.3 cm³/mol. The molecule has 4 nitrogen and oxygen atoms in total. The second kappa shape index (κ2) is 5.17. The predicted octanol–water partition coefficient (Wildman–Crippen LogP) is 1.96. The molecule has 102 valence electrons. The summed E-state index contributed by atoms with van der Waals surface area (Å²) in [5, 5.41) is 11.1. The average Bonchev–Trinajstić information content (AvgIpc) is 2.48. The Morgan fingerprint density at radius 2 is 1.63 bits per heavy atom. The maximum atomic E-state index is 11.1. The number of hydrogen-bond acceptors (Lipinski definition) is 4. The number of methoxy groups -OCH3 is 3. The Morgan fingerprint density at radius 1 is 1.00 bits per heavy atom. The largest absolute Gasteiger partial charge is 0.495 e. The molecule has 0 fully saturated rings. The number of aliphatic hydroxyl groups is 1. The minimum atomic E-state index is -1.46. The Hall–Kier alpha value is -1.62.